The molecule has 0 radical (unpaired) electrons. The van der Waals surface area contributed by atoms with Crippen molar-refractivity contribution >= 4 is 21.8 Å². The van der Waals surface area contributed by atoms with Crippen molar-refractivity contribution in [3.8, 4) is 91.2 Å². The monoisotopic (exact) mass is 776 g/mol. The maximum absolute atomic E-state index is 10.7. The van der Waals surface area contributed by atoms with Gasteiger partial charge in [0.05, 0.1) is 63.0 Å². The molecule has 2 aromatic heterocycles. The SMILES string of the molecule is N#Cc1ccc(-c2ccc3c(c2)c2ccccc2n3-c2c(-c3ccccc3C#N)cc(-c3cc(-c4ccccc4)nc(-c4ccccc4)n3)cc2-c2ccccc2C#N)cc1. The van der Waals surface area contributed by atoms with E-state index in [-0.39, 0.29) is 0 Å². The molecule has 0 bridgehead atoms. The van der Waals surface area contributed by atoms with E-state index in [1.807, 2.05) is 152 Å². The van der Waals surface area contributed by atoms with Crippen LogP contribution in [0.4, 0.5) is 0 Å². The van der Waals surface area contributed by atoms with Crippen LogP contribution in [0.3, 0.4) is 0 Å². The van der Waals surface area contributed by atoms with Gasteiger partial charge in [-0.1, -0.05) is 133 Å². The summed E-state index contributed by atoms with van der Waals surface area (Å²) in [5, 5.41) is 32.9. The highest BCUT2D eigenvalue weighted by Crippen LogP contribution is 2.46. The number of benzene rings is 8. The fraction of sp³-hybridized carbons (Fsp3) is 0. The summed E-state index contributed by atoms with van der Waals surface area (Å²) >= 11 is 0. The summed E-state index contributed by atoms with van der Waals surface area (Å²) in [6.45, 7) is 0. The molecule has 10 rings (SSSR count). The molecule has 61 heavy (non-hydrogen) atoms. The van der Waals surface area contributed by atoms with E-state index >= 15 is 0 Å². The molecule has 0 atom stereocenters. The summed E-state index contributed by atoms with van der Waals surface area (Å²) in [5.41, 5.74) is 13.6. The Bertz CT molecular complexity index is 3300. The van der Waals surface area contributed by atoms with Crippen molar-refractivity contribution in [2.75, 3.05) is 0 Å². The normalized spacial score (nSPS) is 10.9. The Morgan fingerprint density at radius 2 is 0.885 bits per heavy atom. The molecule has 6 nitrogen and oxygen atoms in total. The minimum atomic E-state index is 0.516. The summed E-state index contributed by atoms with van der Waals surface area (Å²) in [4.78, 5) is 10.3. The zero-order valence-corrected chi connectivity index (χ0v) is 32.7. The first-order valence-electron chi connectivity index (χ1n) is 19.8. The third-order valence-electron chi connectivity index (χ3n) is 11.2. The summed E-state index contributed by atoms with van der Waals surface area (Å²) in [7, 11) is 0. The van der Waals surface area contributed by atoms with Gasteiger partial charge in [-0.05, 0) is 71.8 Å². The molecular weight excluding hydrogens is 745 g/mol. The average molecular weight is 777 g/mol. The molecule has 282 valence electrons. The number of rotatable bonds is 7. The molecule has 8 aromatic carbocycles. The van der Waals surface area contributed by atoms with E-state index in [2.05, 4.69) is 65.2 Å². The molecule has 10 aromatic rings. The molecule has 6 heteroatoms. The first kappa shape index (κ1) is 36.5. The van der Waals surface area contributed by atoms with Crippen molar-refractivity contribution in [2.24, 2.45) is 0 Å². The number of nitrogens with zero attached hydrogens (tertiary/aromatic N) is 6. The van der Waals surface area contributed by atoms with E-state index in [0.717, 1.165) is 83.3 Å². The van der Waals surface area contributed by atoms with E-state index < -0.39 is 0 Å². The zero-order chi connectivity index (χ0) is 41.3. The first-order chi connectivity index (χ1) is 30.1. The van der Waals surface area contributed by atoms with Crippen LogP contribution in [-0.2, 0) is 0 Å². The van der Waals surface area contributed by atoms with Crippen molar-refractivity contribution < 1.29 is 0 Å². The second kappa shape index (κ2) is 15.5. The van der Waals surface area contributed by atoms with Crippen LogP contribution in [0.1, 0.15) is 16.7 Å². The quantitative estimate of drug-likeness (QED) is 0.160. The summed E-state index contributed by atoms with van der Waals surface area (Å²) in [6, 6.07) is 71.2. The number of fused-ring (bicyclic) bond motifs is 3. The average Bonchev–Trinajstić information content (AvgIpc) is 3.67. The molecule has 0 fully saturated rings. The predicted molar refractivity (Wildman–Crippen MR) is 243 cm³/mol. The van der Waals surface area contributed by atoms with Gasteiger partial charge in [0.25, 0.3) is 0 Å². The Labute approximate surface area is 352 Å². The Morgan fingerprint density at radius 1 is 0.361 bits per heavy atom. The van der Waals surface area contributed by atoms with Crippen LogP contribution in [0.2, 0.25) is 0 Å². The van der Waals surface area contributed by atoms with Crippen LogP contribution in [0.15, 0.2) is 194 Å². The molecule has 0 aliphatic heterocycles. The first-order valence-corrected chi connectivity index (χ1v) is 19.8. The van der Waals surface area contributed by atoms with Gasteiger partial charge in [0, 0.05) is 49.7 Å². The van der Waals surface area contributed by atoms with Crippen LogP contribution >= 0.6 is 0 Å². The lowest BCUT2D eigenvalue weighted by atomic mass is 9.88. The van der Waals surface area contributed by atoms with E-state index in [1.54, 1.807) is 0 Å². The lowest BCUT2D eigenvalue weighted by Crippen LogP contribution is -2.04. The highest BCUT2D eigenvalue weighted by molar-refractivity contribution is 6.12. The maximum Gasteiger partial charge on any atom is 0.160 e. The largest absolute Gasteiger partial charge is 0.308 e. The topological polar surface area (TPSA) is 102 Å². The van der Waals surface area contributed by atoms with Gasteiger partial charge >= 0.3 is 0 Å². The number of hydrogen-bond acceptors (Lipinski definition) is 5. The summed E-state index contributed by atoms with van der Waals surface area (Å²) in [5.74, 6) is 0.583. The van der Waals surface area contributed by atoms with Gasteiger partial charge in [0.1, 0.15) is 0 Å². The molecule has 0 aliphatic carbocycles. The van der Waals surface area contributed by atoms with Gasteiger partial charge in [-0.3, -0.25) is 0 Å². The highest BCUT2D eigenvalue weighted by Gasteiger charge is 2.25. The molecule has 0 saturated carbocycles. The maximum atomic E-state index is 10.7. The summed E-state index contributed by atoms with van der Waals surface area (Å²) in [6.07, 6.45) is 0. The standard InChI is InChI=1S/C55H32N6/c56-33-36-23-25-37(26-24-36)40-27-28-53-47(29-40)46-21-11-12-22-52(46)61(53)54-48(44-19-9-7-17-41(44)34-57)30-43(31-49(54)45-20-10-8-18-42(45)35-58)51-32-50(38-13-3-1-4-14-38)59-55(60-51)39-15-5-2-6-16-39/h1-32H. The Kier molecular flexibility index (Phi) is 9.24. The van der Waals surface area contributed by atoms with E-state index in [0.29, 0.717) is 28.2 Å². The molecule has 0 unspecified atom stereocenters. The molecule has 0 saturated heterocycles. The van der Waals surface area contributed by atoms with Gasteiger partial charge in [-0.25, -0.2) is 9.97 Å². The van der Waals surface area contributed by atoms with Crippen molar-refractivity contribution in [3.05, 3.63) is 211 Å². The van der Waals surface area contributed by atoms with Crippen molar-refractivity contribution in [1.82, 2.24) is 14.5 Å². The van der Waals surface area contributed by atoms with E-state index in [4.69, 9.17) is 9.97 Å². The lowest BCUT2D eigenvalue weighted by Gasteiger charge is -2.22. The molecule has 0 N–H and O–H groups in total. The molecule has 0 spiro atoms. The molecular formula is C55H32N6. The van der Waals surface area contributed by atoms with Crippen LogP contribution in [-0.4, -0.2) is 14.5 Å². The van der Waals surface area contributed by atoms with Crippen molar-refractivity contribution in [2.45, 2.75) is 0 Å². The minimum absolute atomic E-state index is 0.516. The van der Waals surface area contributed by atoms with Crippen LogP contribution in [0, 0.1) is 34.0 Å². The second-order valence-electron chi connectivity index (χ2n) is 14.7. The van der Waals surface area contributed by atoms with Gasteiger partial charge in [0.2, 0.25) is 0 Å². The number of nitriles is 3. The molecule has 0 amide bonds. The summed E-state index contributed by atoms with van der Waals surface area (Å²) < 4.78 is 2.27. The fourth-order valence-electron chi connectivity index (χ4n) is 8.26. The second-order valence-corrected chi connectivity index (χ2v) is 14.7. The molecule has 2 heterocycles. The predicted octanol–water partition coefficient (Wildman–Crippen LogP) is 13.2. The van der Waals surface area contributed by atoms with E-state index in [1.165, 1.54) is 0 Å². The minimum Gasteiger partial charge on any atom is -0.308 e. The van der Waals surface area contributed by atoms with Crippen LogP contribution in [0.5, 0.6) is 0 Å². The Hall–Kier alpha value is -8.89. The zero-order valence-electron chi connectivity index (χ0n) is 32.7. The van der Waals surface area contributed by atoms with Crippen molar-refractivity contribution in [1.29, 1.82) is 15.8 Å². The van der Waals surface area contributed by atoms with Gasteiger partial charge in [0.15, 0.2) is 5.82 Å². The van der Waals surface area contributed by atoms with Crippen LogP contribution < -0.4 is 0 Å². The highest BCUT2D eigenvalue weighted by atomic mass is 15.0. The van der Waals surface area contributed by atoms with Gasteiger partial charge in [-0.2, -0.15) is 15.8 Å². The fourth-order valence-corrected chi connectivity index (χ4v) is 8.26. The number of para-hydroxylation sites is 1. The smallest absolute Gasteiger partial charge is 0.160 e. The van der Waals surface area contributed by atoms with Gasteiger partial charge in [-0.15, -0.1) is 0 Å². The third kappa shape index (κ3) is 6.56. The van der Waals surface area contributed by atoms with Crippen LogP contribution in [0.25, 0.3) is 94.8 Å². The molecule has 0 aliphatic rings. The van der Waals surface area contributed by atoms with Gasteiger partial charge < -0.3 is 4.57 Å². The Balaban J connectivity index is 1.33. The number of hydrogen-bond donors (Lipinski definition) is 0. The third-order valence-corrected chi connectivity index (χ3v) is 11.2. The number of aromatic nitrogens is 3. The lowest BCUT2D eigenvalue weighted by molar-refractivity contribution is 1.17. The van der Waals surface area contributed by atoms with Crippen molar-refractivity contribution in [3.63, 3.8) is 0 Å². The Morgan fingerprint density at radius 3 is 1.51 bits per heavy atom. The van der Waals surface area contributed by atoms with E-state index in [9.17, 15) is 15.8 Å².